The number of ether oxygens (including phenoxy) is 3. The molecule has 0 aliphatic carbocycles. The van der Waals surface area contributed by atoms with Crippen molar-refractivity contribution in [3.8, 4) is 0 Å². The smallest absolute Gasteiger partial charge is 0.325 e. The van der Waals surface area contributed by atoms with Crippen molar-refractivity contribution in [3.05, 3.63) is 124 Å². The minimum Gasteiger partial charge on any atom is -0.468 e. The molecule has 0 unspecified atom stereocenters. The minimum absolute atomic E-state index is 0.197. The van der Waals surface area contributed by atoms with Crippen molar-refractivity contribution < 1.29 is 71.7 Å². The Labute approximate surface area is 356 Å². The van der Waals surface area contributed by atoms with Crippen molar-refractivity contribution in [3.63, 3.8) is 0 Å². The zero-order chi connectivity index (χ0) is 46.2. The second kappa shape index (κ2) is 21.9. The van der Waals surface area contributed by atoms with Gasteiger partial charge in [0.2, 0.25) is 0 Å². The molecule has 4 aromatic rings. The maximum Gasteiger partial charge on any atom is 0.325 e. The molecule has 0 bridgehead atoms. The molecule has 0 heterocycles. The third kappa shape index (κ3) is 12.6. The number of para-hydroxylation sites is 3. The van der Waals surface area contributed by atoms with Gasteiger partial charge in [0.05, 0.1) is 55.1 Å². The van der Waals surface area contributed by atoms with Crippen LogP contribution in [-0.2, 0) is 43.0 Å². The Morgan fingerprint density at radius 2 is 0.619 bits per heavy atom. The number of hydrogen-bond acceptors (Lipinski definition) is 15. The summed E-state index contributed by atoms with van der Waals surface area (Å²) in [5, 5.41) is 13.6. The number of methoxy groups -OCH3 is 3. The van der Waals surface area contributed by atoms with Crippen molar-refractivity contribution in [1.29, 1.82) is 0 Å². The molecule has 4 aromatic carbocycles. The Morgan fingerprint density at radius 3 is 0.857 bits per heavy atom. The van der Waals surface area contributed by atoms with Crippen LogP contribution in [-0.4, -0.2) is 112 Å². The zero-order valence-electron chi connectivity index (χ0n) is 33.4. The van der Waals surface area contributed by atoms with Crippen LogP contribution in [0.5, 0.6) is 0 Å². The number of Topliss-reactive ketones (excluding diaryl/α,β-unsaturated/α-hetero) is 3. The molecule has 63 heavy (non-hydrogen) atoms. The molecule has 0 radical (unpaired) electrons. The molecular weight excluding hydrogens is 828 g/mol. The summed E-state index contributed by atoms with van der Waals surface area (Å²) in [5.41, 5.74) is -2.68. The average molecular weight is 865 g/mol. The van der Waals surface area contributed by atoms with E-state index in [4.69, 9.17) is 0 Å². The fraction of sp³-hybridized carbons (Fsp3) is 0.143. The molecule has 21 heteroatoms. The van der Waals surface area contributed by atoms with E-state index in [2.05, 4.69) is 46.1 Å². The van der Waals surface area contributed by atoms with E-state index in [0.717, 1.165) is 39.5 Å². The van der Waals surface area contributed by atoms with Gasteiger partial charge >= 0.3 is 17.9 Å². The molecule has 0 atom stereocenters. The number of hydrogen-bond donors (Lipinski definition) is 6. The molecule has 324 valence electrons. The lowest BCUT2D eigenvalue weighted by atomic mass is 10.0. The summed E-state index contributed by atoms with van der Waals surface area (Å²) in [7, 11) is 3.22. The number of amides is 6. The van der Waals surface area contributed by atoms with Crippen LogP contribution in [0.15, 0.2) is 91.0 Å². The molecule has 0 aliphatic heterocycles. The van der Waals surface area contributed by atoms with E-state index in [0.29, 0.717) is 0 Å². The van der Waals surface area contributed by atoms with Crippen molar-refractivity contribution >= 4 is 87.8 Å². The van der Waals surface area contributed by atoms with Gasteiger partial charge in [-0.1, -0.05) is 36.4 Å². The number of esters is 3. The fourth-order valence-electron chi connectivity index (χ4n) is 5.26. The summed E-state index contributed by atoms with van der Waals surface area (Å²) < 4.78 is 13.4. The number of carbonyl (C=O) groups excluding carboxylic acids is 12. The first kappa shape index (κ1) is 46.8. The number of benzene rings is 4. The van der Waals surface area contributed by atoms with Crippen LogP contribution in [0.2, 0.25) is 0 Å². The number of anilines is 3. The highest BCUT2D eigenvalue weighted by atomic mass is 16.5. The molecule has 0 saturated carbocycles. The predicted molar refractivity (Wildman–Crippen MR) is 218 cm³/mol. The Bertz CT molecular complexity index is 2260. The van der Waals surface area contributed by atoms with Crippen LogP contribution in [0.3, 0.4) is 0 Å². The molecule has 21 nitrogen and oxygen atoms in total. The average Bonchev–Trinajstić information content (AvgIpc) is 3.30. The number of ketones is 3. The Morgan fingerprint density at radius 1 is 0.381 bits per heavy atom. The number of nitrogens with one attached hydrogen (secondary N) is 6. The minimum atomic E-state index is -1.21. The Hall–Kier alpha value is -8.88. The molecular formula is C42H36N6O15. The van der Waals surface area contributed by atoms with Gasteiger partial charge < -0.3 is 46.1 Å². The summed E-state index contributed by atoms with van der Waals surface area (Å²) in [6.07, 6.45) is 0. The molecule has 4 rings (SSSR count). The fourth-order valence-corrected chi connectivity index (χ4v) is 5.26. The van der Waals surface area contributed by atoms with Crippen molar-refractivity contribution in [2.45, 2.75) is 0 Å². The van der Waals surface area contributed by atoms with Crippen molar-refractivity contribution in [2.24, 2.45) is 0 Å². The van der Waals surface area contributed by atoms with Crippen LogP contribution < -0.4 is 31.9 Å². The topological polar surface area (TPSA) is 305 Å². The highest BCUT2D eigenvalue weighted by molar-refractivity contribution is 6.45. The Balaban J connectivity index is 1.72. The van der Waals surface area contributed by atoms with E-state index in [9.17, 15) is 57.5 Å². The second-order valence-corrected chi connectivity index (χ2v) is 12.6. The van der Waals surface area contributed by atoms with E-state index >= 15 is 0 Å². The van der Waals surface area contributed by atoms with Gasteiger partial charge in [-0.2, -0.15) is 0 Å². The van der Waals surface area contributed by atoms with Gasteiger partial charge in [0, 0.05) is 16.7 Å². The summed E-state index contributed by atoms with van der Waals surface area (Å²) >= 11 is 0. The van der Waals surface area contributed by atoms with Crippen LogP contribution in [0, 0.1) is 0 Å². The largest absolute Gasteiger partial charge is 0.468 e. The lowest BCUT2D eigenvalue weighted by Gasteiger charge is -2.15. The lowest BCUT2D eigenvalue weighted by Crippen LogP contribution is -2.36. The van der Waals surface area contributed by atoms with Crippen LogP contribution in [0.4, 0.5) is 17.1 Å². The van der Waals surface area contributed by atoms with Gasteiger partial charge in [0.1, 0.15) is 19.6 Å². The normalized spacial score (nSPS) is 10.1. The molecule has 0 aliphatic rings. The van der Waals surface area contributed by atoms with E-state index in [1.54, 1.807) is 0 Å². The summed E-state index contributed by atoms with van der Waals surface area (Å²) in [5.74, 6) is -12.7. The van der Waals surface area contributed by atoms with E-state index in [1.165, 1.54) is 72.8 Å². The number of rotatable bonds is 18. The van der Waals surface area contributed by atoms with Crippen LogP contribution in [0.1, 0.15) is 62.1 Å². The van der Waals surface area contributed by atoms with Crippen LogP contribution >= 0.6 is 0 Å². The molecule has 6 amide bonds. The predicted octanol–water partition coefficient (Wildman–Crippen LogP) is 0.859. The molecule has 0 aromatic heterocycles. The molecule has 0 fully saturated rings. The quantitative estimate of drug-likeness (QED) is 0.0350. The van der Waals surface area contributed by atoms with Gasteiger partial charge in [-0.05, 0) is 54.6 Å². The van der Waals surface area contributed by atoms with Crippen LogP contribution in [0.25, 0.3) is 0 Å². The van der Waals surface area contributed by atoms with Crippen molar-refractivity contribution in [2.75, 3.05) is 56.9 Å². The van der Waals surface area contributed by atoms with E-state index in [1.807, 2.05) is 0 Å². The molecule has 6 N–H and O–H groups in total. The van der Waals surface area contributed by atoms with Gasteiger partial charge in [0.15, 0.2) is 0 Å². The Kier molecular flexibility index (Phi) is 16.3. The lowest BCUT2D eigenvalue weighted by molar-refractivity contribution is -0.141. The van der Waals surface area contributed by atoms with E-state index in [-0.39, 0.29) is 50.4 Å². The van der Waals surface area contributed by atoms with E-state index < -0.39 is 90.3 Å². The maximum atomic E-state index is 13.9. The third-order valence-corrected chi connectivity index (χ3v) is 8.46. The number of carbonyl (C=O) groups is 12. The zero-order valence-corrected chi connectivity index (χ0v) is 33.4. The molecule has 0 saturated heterocycles. The second-order valence-electron chi connectivity index (χ2n) is 12.6. The highest BCUT2D eigenvalue weighted by Gasteiger charge is 2.26. The molecule has 0 spiro atoms. The summed E-state index contributed by atoms with van der Waals surface area (Å²) in [6, 6.07) is 19.0. The van der Waals surface area contributed by atoms with Gasteiger partial charge in [-0.25, -0.2) is 0 Å². The highest BCUT2D eigenvalue weighted by Crippen LogP contribution is 2.23. The van der Waals surface area contributed by atoms with Gasteiger partial charge in [0.25, 0.3) is 52.8 Å². The van der Waals surface area contributed by atoms with Gasteiger partial charge in [-0.15, -0.1) is 0 Å². The third-order valence-electron chi connectivity index (χ3n) is 8.46. The summed E-state index contributed by atoms with van der Waals surface area (Å²) in [4.78, 5) is 153. The SMILES string of the molecule is COC(=O)CNC(=O)C(=O)c1ccccc1NC(=O)c1cc(C(=O)Nc2ccccc2C(=O)C(=O)NCC(=O)OC)cc(C(=O)Nc2ccccc2C(=O)C(=O)NCC(=O)OC)c1. The standard InChI is InChI=1S/C42H36N6O15/c1-61-31(49)19-43-40(58)34(52)25-10-4-7-13-28(25)46-37(55)22-16-23(38(56)47-29-14-8-5-11-26(29)35(53)41(59)44-20-32(50)62-2)18-24(17-22)39(57)48-30-15-9-6-12-27(30)36(54)42(60)45-21-33(51)63-3/h4-18H,19-21H2,1-3H3,(H,43,58)(H,44,59)(H,45,60)(H,46,55)(H,47,56)(H,48,57). The first-order chi connectivity index (χ1) is 30.1. The first-order valence-electron chi connectivity index (χ1n) is 18.1. The summed E-state index contributed by atoms with van der Waals surface area (Å²) in [6.45, 7) is -1.88. The first-order valence-corrected chi connectivity index (χ1v) is 18.1. The maximum absolute atomic E-state index is 13.9. The van der Waals surface area contributed by atoms with Crippen molar-refractivity contribution in [1.82, 2.24) is 16.0 Å². The van der Waals surface area contributed by atoms with Gasteiger partial charge in [-0.3, -0.25) is 57.5 Å². The monoisotopic (exact) mass is 864 g/mol.